The van der Waals surface area contributed by atoms with E-state index in [-0.39, 0.29) is 5.97 Å². The van der Waals surface area contributed by atoms with Crippen LogP contribution >= 0.6 is 0 Å². The lowest BCUT2D eigenvalue weighted by Crippen LogP contribution is -2.28. The Morgan fingerprint density at radius 3 is 2.48 bits per heavy atom. The lowest BCUT2D eigenvalue weighted by molar-refractivity contribution is -0.156. The highest BCUT2D eigenvalue weighted by atomic mass is 16.6. The molecule has 0 unspecified atom stereocenters. The average molecular weight is 443 g/mol. The van der Waals surface area contributed by atoms with Gasteiger partial charge in [0.2, 0.25) is 0 Å². The molecule has 3 aromatic carbocycles. The van der Waals surface area contributed by atoms with Crippen molar-refractivity contribution in [2.45, 2.75) is 33.3 Å². The largest absolute Gasteiger partial charge is 0.490 e. The second-order valence-corrected chi connectivity index (χ2v) is 7.52. The third kappa shape index (κ3) is 7.24. The van der Waals surface area contributed by atoms with Gasteiger partial charge in [0.1, 0.15) is 12.4 Å². The molecule has 3 aromatic rings. The minimum atomic E-state index is -0.590. The number of rotatable bonds is 9. The zero-order chi connectivity index (χ0) is 23.5. The monoisotopic (exact) mass is 442 g/mol. The highest BCUT2D eigenvalue weighted by molar-refractivity contribution is 5.88. The summed E-state index contributed by atoms with van der Waals surface area (Å²) >= 11 is 0. The van der Waals surface area contributed by atoms with E-state index in [4.69, 9.17) is 14.2 Å². The van der Waals surface area contributed by atoms with Gasteiger partial charge in [-0.3, -0.25) is 0 Å². The molecule has 3 rings (SSSR count). The summed E-state index contributed by atoms with van der Waals surface area (Å²) in [4.78, 5) is 12.0. The summed E-state index contributed by atoms with van der Waals surface area (Å²) in [5.74, 6) is 6.91. The molecule has 0 heterocycles. The fraction of sp³-hybridized carbons (Fsp3) is 0.276. The lowest BCUT2D eigenvalue weighted by Gasteiger charge is -2.15. The number of hydrogen-bond acceptors (Lipinski definition) is 4. The molecule has 0 fully saturated rings. The van der Waals surface area contributed by atoms with E-state index < -0.39 is 6.10 Å². The fourth-order valence-corrected chi connectivity index (χ4v) is 3.40. The van der Waals surface area contributed by atoms with Crippen LogP contribution in [0.25, 0.3) is 10.8 Å². The molecule has 1 atom stereocenters. The molecule has 0 aromatic heterocycles. The van der Waals surface area contributed by atoms with E-state index >= 15 is 0 Å². The van der Waals surface area contributed by atoms with E-state index in [0.29, 0.717) is 26.2 Å². The van der Waals surface area contributed by atoms with Crippen molar-refractivity contribution in [1.29, 1.82) is 0 Å². The highest BCUT2D eigenvalue weighted by Crippen LogP contribution is 2.18. The van der Waals surface area contributed by atoms with E-state index in [1.807, 2.05) is 68.5 Å². The standard InChI is InChI=1S/C29H30O4/c1-4-31-28(29(30)32-5-2)21-23-14-17-26(18-15-23)33-20-19-22(3)13-16-25-11-8-10-24-9-6-7-12-27(24)25/h6-12,14-15,17-19,28H,4-5,20-21H2,1-3H3/b22-19+/t28-/m0/s1. The predicted molar refractivity (Wildman–Crippen MR) is 132 cm³/mol. The Morgan fingerprint density at radius 1 is 0.970 bits per heavy atom. The number of carbonyl (C=O) groups is 1. The van der Waals surface area contributed by atoms with E-state index in [9.17, 15) is 4.79 Å². The Bertz CT molecular complexity index is 1140. The number of carbonyl (C=O) groups excluding carboxylic acids is 1. The normalized spacial score (nSPS) is 12.0. The van der Waals surface area contributed by atoms with Crippen LogP contribution in [-0.2, 0) is 20.7 Å². The van der Waals surface area contributed by atoms with E-state index in [1.165, 1.54) is 5.39 Å². The SMILES string of the molecule is CCOC(=O)[C@H](Cc1ccc(OC/C=C(\C)C#Cc2cccc3ccccc23)cc1)OCC. The molecule has 33 heavy (non-hydrogen) atoms. The first kappa shape index (κ1) is 24.1. The maximum atomic E-state index is 12.0. The minimum Gasteiger partial charge on any atom is -0.490 e. The Morgan fingerprint density at radius 2 is 1.73 bits per heavy atom. The molecular weight excluding hydrogens is 412 g/mol. The van der Waals surface area contributed by atoms with E-state index in [2.05, 4.69) is 30.0 Å². The van der Waals surface area contributed by atoms with Crippen molar-refractivity contribution in [3.63, 3.8) is 0 Å². The van der Waals surface area contributed by atoms with Crippen LogP contribution in [-0.4, -0.2) is 31.9 Å². The van der Waals surface area contributed by atoms with Crippen molar-refractivity contribution in [2.24, 2.45) is 0 Å². The molecule has 0 amide bonds. The Labute approximate surface area is 196 Å². The molecule has 0 saturated carbocycles. The highest BCUT2D eigenvalue weighted by Gasteiger charge is 2.20. The van der Waals surface area contributed by atoms with Crippen molar-refractivity contribution in [2.75, 3.05) is 19.8 Å². The maximum absolute atomic E-state index is 12.0. The third-order valence-electron chi connectivity index (χ3n) is 5.09. The van der Waals surface area contributed by atoms with Crippen molar-refractivity contribution >= 4 is 16.7 Å². The molecule has 0 aliphatic heterocycles. The average Bonchev–Trinajstić information content (AvgIpc) is 2.83. The summed E-state index contributed by atoms with van der Waals surface area (Å²) in [5, 5.41) is 2.35. The van der Waals surface area contributed by atoms with Crippen LogP contribution in [0, 0.1) is 11.8 Å². The van der Waals surface area contributed by atoms with Gasteiger partial charge in [0.15, 0.2) is 6.10 Å². The first-order valence-electron chi connectivity index (χ1n) is 11.3. The smallest absolute Gasteiger partial charge is 0.335 e. The van der Waals surface area contributed by atoms with Gasteiger partial charge in [-0.15, -0.1) is 0 Å². The number of benzene rings is 3. The number of allylic oxidation sites excluding steroid dienone is 1. The molecule has 4 nitrogen and oxygen atoms in total. The van der Waals surface area contributed by atoms with Gasteiger partial charge in [-0.1, -0.05) is 60.4 Å². The summed E-state index contributed by atoms with van der Waals surface area (Å²) in [6, 6.07) is 22.1. The molecule has 0 bridgehead atoms. The number of hydrogen-bond donors (Lipinski definition) is 0. The van der Waals surface area contributed by atoms with Crippen molar-refractivity contribution in [3.05, 3.63) is 89.5 Å². The topological polar surface area (TPSA) is 44.8 Å². The molecule has 4 heteroatoms. The van der Waals surface area contributed by atoms with Gasteiger partial charge in [-0.25, -0.2) is 4.79 Å². The molecule has 170 valence electrons. The fourth-order valence-electron chi connectivity index (χ4n) is 3.40. The molecule has 0 radical (unpaired) electrons. The van der Waals surface area contributed by atoms with Gasteiger partial charge in [0, 0.05) is 18.6 Å². The number of fused-ring (bicyclic) bond motifs is 1. The quantitative estimate of drug-likeness (QED) is 0.314. The lowest BCUT2D eigenvalue weighted by atomic mass is 10.0. The molecule has 0 saturated heterocycles. The van der Waals surface area contributed by atoms with Crippen molar-refractivity contribution in [3.8, 4) is 17.6 Å². The molecule has 0 N–H and O–H groups in total. The second-order valence-electron chi connectivity index (χ2n) is 7.52. The van der Waals surface area contributed by atoms with Crippen LogP contribution < -0.4 is 4.74 Å². The first-order chi connectivity index (χ1) is 16.1. The zero-order valence-corrected chi connectivity index (χ0v) is 19.5. The summed E-state index contributed by atoms with van der Waals surface area (Å²) in [6.07, 6.45) is 1.85. The van der Waals surface area contributed by atoms with Crippen LogP contribution in [0.5, 0.6) is 5.75 Å². The summed E-state index contributed by atoms with van der Waals surface area (Å²) < 4.78 is 16.5. The van der Waals surface area contributed by atoms with Crippen LogP contribution in [0.4, 0.5) is 0 Å². The van der Waals surface area contributed by atoms with Crippen LogP contribution in [0.2, 0.25) is 0 Å². The van der Waals surface area contributed by atoms with Gasteiger partial charge < -0.3 is 14.2 Å². The molecular formula is C29H30O4. The number of esters is 1. The van der Waals surface area contributed by atoms with Gasteiger partial charge in [-0.05, 0) is 67.0 Å². The van der Waals surface area contributed by atoms with Gasteiger partial charge in [-0.2, -0.15) is 0 Å². The Hall–Kier alpha value is -3.55. The first-order valence-corrected chi connectivity index (χ1v) is 11.3. The van der Waals surface area contributed by atoms with Crippen LogP contribution in [0.1, 0.15) is 31.9 Å². The van der Waals surface area contributed by atoms with E-state index in [0.717, 1.165) is 27.8 Å². The summed E-state index contributed by atoms with van der Waals surface area (Å²) in [5.41, 5.74) is 2.96. The third-order valence-corrected chi connectivity index (χ3v) is 5.09. The molecule has 0 spiro atoms. The van der Waals surface area contributed by atoms with E-state index in [1.54, 1.807) is 6.92 Å². The van der Waals surface area contributed by atoms with Crippen molar-refractivity contribution in [1.82, 2.24) is 0 Å². The summed E-state index contributed by atoms with van der Waals surface area (Å²) in [6.45, 7) is 6.87. The van der Waals surface area contributed by atoms with Gasteiger partial charge >= 0.3 is 5.97 Å². The zero-order valence-electron chi connectivity index (χ0n) is 19.5. The second kappa shape index (κ2) is 12.5. The minimum absolute atomic E-state index is 0.329. The summed E-state index contributed by atoms with van der Waals surface area (Å²) in [7, 11) is 0. The maximum Gasteiger partial charge on any atom is 0.335 e. The Balaban J connectivity index is 1.56. The predicted octanol–water partition coefficient (Wildman–Crippen LogP) is 5.73. The molecule has 0 aliphatic carbocycles. The van der Waals surface area contributed by atoms with Crippen LogP contribution in [0.15, 0.2) is 78.4 Å². The van der Waals surface area contributed by atoms with Gasteiger partial charge in [0.05, 0.1) is 6.61 Å². The molecule has 0 aliphatic rings. The number of ether oxygens (including phenoxy) is 3. The van der Waals surface area contributed by atoms with Crippen LogP contribution in [0.3, 0.4) is 0 Å². The Kier molecular flexibility index (Phi) is 9.11. The van der Waals surface area contributed by atoms with Gasteiger partial charge in [0.25, 0.3) is 0 Å². The van der Waals surface area contributed by atoms with Crippen molar-refractivity contribution < 1.29 is 19.0 Å².